The van der Waals surface area contributed by atoms with Crippen molar-refractivity contribution >= 4 is 64.7 Å². The number of carbonyl (C=O) groups is 8. The number of likely N-dealkylation sites (tertiary alicyclic amines) is 1. The third-order valence-electron chi connectivity index (χ3n) is 14.3. The van der Waals surface area contributed by atoms with Crippen LogP contribution >= 0.6 is 0 Å². The van der Waals surface area contributed by atoms with Crippen LogP contribution in [0.1, 0.15) is 171 Å². The van der Waals surface area contributed by atoms with Gasteiger partial charge in [0.05, 0.1) is 17.4 Å². The van der Waals surface area contributed by atoms with Crippen LogP contribution in [0.5, 0.6) is 0 Å². The van der Waals surface area contributed by atoms with Crippen molar-refractivity contribution in [2.24, 2.45) is 5.92 Å². The van der Waals surface area contributed by atoms with Crippen LogP contribution in [-0.2, 0) is 39.9 Å². The molecule has 7 N–H and O–H groups in total. The summed E-state index contributed by atoms with van der Waals surface area (Å²) in [5, 5.41) is 20.0. The molecule has 2 aliphatic carbocycles. The van der Waals surface area contributed by atoms with E-state index in [4.69, 9.17) is 9.47 Å². The zero-order valence-electron chi connectivity index (χ0n) is 45.1. The molecule has 3 aliphatic rings. The van der Waals surface area contributed by atoms with E-state index in [9.17, 15) is 38.4 Å². The minimum Gasteiger partial charge on any atom is -0.444 e. The number of rotatable bonds is 23. The maximum Gasteiger partial charge on any atom is 0.412 e. The summed E-state index contributed by atoms with van der Waals surface area (Å²) < 4.78 is 10.5. The second-order valence-corrected chi connectivity index (χ2v) is 21.4. The molecule has 18 nitrogen and oxygen atoms in total. The van der Waals surface area contributed by atoms with Crippen molar-refractivity contribution in [3.05, 3.63) is 89.5 Å². The number of fused-ring (bicyclic) bond motifs is 1. The van der Waals surface area contributed by atoms with Crippen LogP contribution in [0.4, 0.5) is 26.7 Å². The van der Waals surface area contributed by atoms with Gasteiger partial charge in [0.15, 0.2) is 6.10 Å². The Morgan fingerprint density at radius 3 is 1.95 bits per heavy atom. The van der Waals surface area contributed by atoms with Gasteiger partial charge in [-0.05, 0) is 133 Å². The number of alkyl carbamates (subject to hydrolysis) is 1. The molecule has 18 heteroatoms. The fraction of sp³-hybridized carbons (Fsp3) is 0.552. The Kier molecular flexibility index (Phi) is 22.1. The predicted molar refractivity (Wildman–Crippen MR) is 291 cm³/mol. The number of carbonyl (C=O) groups excluding carboxylic acids is 8. The molecule has 1 aliphatic heterocycles. The van der Waals surface area contributed by atoms with Gasteiger partial charge in [-0.2, -0.15) is 0 Å². The van der Waals surface area contributed by atoms with E-state index in [1.807, 2.05) is 18.2 Å². The summed E-state index contributed by atoms with van der Waals surface area (Å²) in [4.78, 5) is 107. The molecule has 3 aromatic carbocycles. The second kappa shape index (κ2) is 28.8. The number of nitrogens with one attached hydrogen (secondary N) is 7. The summed E-state index contributed by atoms with van der Waals surface area (Å²) in [5.74, 6) is -2.04. The Morgan fingerprint density at radius 2 is 1.29 bits per heavy atom. The van der Waals surface area contributed by atoms with Crippen LogP contribution in [0.3, 0.4) is 0 Å². The normalized spacial score (nSPS) is 18.2. The highest BCUT2D eigenvalue weighted by molar-refractivity contribution is 6.07. The quantitative estimate of drug-likeness (QED) is 0.0444. The monoisotopic (exact) mass is 1050 g/mol. The minimum absolute atomic E-state index is 0.104. The molecule has 0 bridgehead atoms. The number of para-hydroxylation sites is 2. The topological polar surface area (TPSA) is 242 Å². The smallest absolute Gasteiger partial charge is 0.412 e. The van der Waals surface area contributed by atoms with Crippen molar-refractivity contribution in [1.29, 1.82) is 0 Å². The first-order chi connectivity index (χ1) is 36.5. The van der Waals surface area contributed by atoms with Crippen LogP contribution < -0.4 is 37.2 Å². The summed E-state index contributed by atoms with van der Waals surface area (Å²) in [6.07, 6.45) is 12.5. The maximum absolute atomic E-state index is 14.7. The van der Waals surface area contributed by atoms with Gasteiger partial charge >= 0.3 is 12.2 Å². The average Bonchev–Trinajstić information content (AvgIpc) is 3.82. The molecular weight excluding hydrogens is 969 g/mol. The van der Waals surface area contributed by atoms with Gasteiger partial charge in [0.2, 0.25) is 23.6 Å². The number of hydrogen-bond acceptors (Lipinski definition) is 10. The SMILES string of the molecule is CNC(=O)O[C@@H](C)C(=O)N[C@H](C(=O)N1C[C@@H](NC(=O)CCCCCCCCCCC(=O)Nc2ccc(C(=O)Nc3ccccc3NC(=O)OC(C)(C)C)cc2)C[C@H]1C(=O)N[C@@H]1CCCc2ccccc21)C1CCCCC1. The molecule has 1 heterocycles. The number of hydrogen-bond donors (Lipinski definition) is 7. The Morgan fingerprint density at radius 1 is 0.671 bits per heavy atom. The number of unbranched alkanes of at least 4 members (excludes halogenated alkanes) is 7. The summed E-state index contributed by atoms with van der Waals surface area (Å²) in [6, 6.07) is 19.0. The van der Waals surface area contributed by atoms with E-state index >= 15 is 0 Å². The lowest BCUT2D eigenvalue weighted by Gasteiger charge is -2.35. The first-order valence-corrected chi connectivity index (χ1v) is 27.4. The number of anilines is 3. The molecule has 1 saturated carbocycles. The van der Waals surface area contributed by atoms with Crippen LogP contribution in [-0.4, -0.2) is 96.0 Å². The maximum atomic E-state index is 14.7. The van der Waals surface area contributed by atoms with E-state index in [0.29, 0.717) is 41.9 Å². The van der Waals surface area contributed by atoms with Crippen molar-refractivity contribution in [3.8, 4) is 0 Å². The van der Waals surface area contributed by atoms with Crippen molar-refractivity contribution < 1.29 is 47.8 Å². The highest BCUT2D eigenvalue weighted by atomic mass is 16.6. The van der Waals surface area contributed by atoms with Crippen LogP contribution in [0.15, 0.2) is 72.8 Å². The number of ether oxygens (including phenoxy) is 2. The highest BCUT2D eigenvalue weighted by Gasteiger charge is 2.45. The molecule has 412 valence electrons. The van der Waals surface area contributed by atoms with Gasteiger partial charge < -0.3 is 46.3 Å². The third-order valence-corrected chi connectivity index (χ3v) is 14.3. The zero-order valence-corrected chi connectivity index (χ0v) is 45.1. The number of amides is 8. The number of nitrogens with zero attached hydrogens (tertiary/aromatic N) is 1. The lowest BCUT2D eigenvalue weighted by atomic mass is 9.83. The molecule has 8 amide bonds. The third kappa shape index (κ3) is 18.1. The van der Waals surface area contributed by atoms with E-state index < -0.39 is 47.9 Å². The molecule has 1 saturated heterocycles. The summed E-state index contributed by atoms with van der Waals surface area (Å²) >= 11 is 0. The van der Waals surface area contributed by atoms with E-state index in [1.165, 1.54) is 19.5 Å². The molecule has 0 spiro atoms. The average molecular weight is 1050 g/mol. The lowest BCUT2D eigenvalue weighted by Crippen LogP contribution is -2.58. The number of aryl methyl sites for hydroxylation is 1. The zero-order chi connectivity index (χ0) is 54.6. The van der Waals surface area contributed by atoms with E-state index in [1.54, 1.807) is 74.2 Å². The summed E-state index contributed by atoms with van der Waals surface area (Å²) in [6.45, 7) is 6.87. The van der Waals surface area contributed by atoms with Crippen LogP contribution in [0.2, 0.25) is 0 Å². The molecule has 6 rings (SSSR count). The summed E-state index contributed by atoms with van der Waals surface area (Å²) in [7, 11) is 1.40. The van der Waals surface area contributed by atoms with Crippen LogP contribution in [0, 0.1) is 5.92 Å². The molecular formula is C58H80N8O10. The van der Waals surface area contributed by atoms with Crippen LogP contribution in [0.25, 0.3) is 0 Å². The van der Waals surface area contributed by atoms with Gasteiger partial charge in [0.1, 0.15) is 17.7 Å². The molecule has 3 aromatic rings. The summed E-state index contributed by atoms with van der Waals surface area (Å²) in [5.41, 5.74) is 3.36. The fourth-order valence-corrected chi connectivity index (χ4v) is 10.3. The molecule has 0 aromatic heterocycles. The predicted octanol–water partition coefficient (Wildman–Crippen LogP) is 9.21. The Labute approximate surface area is 447 Å². The molecule has 76 heavy (non-hydrogen) atoms. The van der Waals surface area contributed by atoms with Gasteiger partial charge in [-0.25, -0.2) is 9.59 Å². The molecule has 0 radical (unpaired) electrons. The van der Waals surface area contributed by atoms with Crippen molar-refractivity contribution in [3.63, 3.8) is 0 Å². The number of benzene rings is 3. The molecule has 5 atom stereocenters. The largest absolute Gasteiger partial charge is 0.444 e. The van der Waals surface area contributed by atoms with Gasteiger partial charge in [-0.3, -0.25) is 34.1 Å². The highest BCUT2D eigenvalue weighted by Crippen LogP contribution is 2.33. The minimum atomic E-state index is -1.15. The van der Waals surface area contributed by atoms with Gasteiger partial charge in [-0.1, -0.05) is 94.2 Å². The van der Waals surface area contributed by atoms with Crippen molar-refractivity contribution in [1.82, 2.24) is 26.2 Å². The lowest BCUT2D eigenvalue weighted by molar-refractivity contribution is -0.144. The molecule has 2 fully saturated rings. The van der Waals surface area contributed by atoms with Gasteiger partial charge in [0.25, 0.3) is 11.8 Å². The first-order valence-electron chi connectivity index (χ1n) is 27.4. The van der Waals surface area contributed by atoms with E-state index in [2.05, 4.69) is 43.3 Å². The Balaban J connectivity index is 0.907. The van der Waals surface area contributed by atoms with Crippen molar-refractivity contribution in [2.45, 2.75) is 186 Å². The van der Waals surface area contributed by atoms with E-state index in [0.717, 1.165) is 102 Å². The van der Waals surface area contributed by atoms with E-state index in [-0.39, 0.29) is 54.5 Å². The molecule has 0 unspecified atom stereocenters. The Bertz CT molecular complexity index is 2470. The Hall–Kier alpha value is -6.98. The standard InChI is InChI=1S/C58H80N8O10/c1-38(75-56(73)59-5)52(69)65-51(40-23-13-12-14-24-40)55(72)66-37-43(36-48(66)54(71)62-45-29-21-25-39-22-17-18-26-44(39)45)61-50(68)31-16-11-9-7-6-8-10-15-30-49(67)60-42-34-32-41(33-35-42)53(70)63-46-27-19-20-28-47(46)64-57(74)76-58(2,3)4/h17-20,22,26-28,32-35,38,40,43,45,48,51H,6-16,21,23-25,29-31,36-37H2,1-5H3,(H,59,73)(H,60,67)(H,61,68)(H,62,71)(H,63,70)(H,64,74)(H,65,69)/t38-,43-,45+,48-,51-/m0/s1. The van der Waals surface area contributed by atoms with Crippen molar-refractivity contribution in [2.75, 3.05) is 29.5 Å². The second-order valence-electron chi connectivity index (χ2n) is 21.4. The fourth-order valence-electron chi connectivity index (χ4n) is 10.3. The van der Waals surface area contributed by atoms with Gasteiger partial charge in [0, 0.05) is 43.7 Å². The first kappa shape index (κ1) is 58.3. The van der Waals surface area contributed by atoms with Gasteiger partial charge in [-0.15, -0.1) is 0 Å².